The Morgan fingerprint density at radius 2 is 2.12 bits per heavy atom. The van der Waals surface area contributed by atoms with Crippen LogP contribution in [0, 0.1) is 20.8 Å². The Morgan fingerprint density at radius 3 is 2.56 bits per heavy atom. The maximum Gasteiger partial charge on any atom is 0.147 e. The lowest BCUT2D eigenvalue weighted by Gasteiger charge is -2.13. The topological polar surface area (TPSA) is 69.9 Å². The summed E-state index contributed by atoms with van der Waals surface area (Å²) in [5, 5.41) is 4.33. The third-order valence-electron chi connectivity index (χ3n) is 2.52. The fourth-order valence-electron chi connectivity index (χ4n) is 1.80. The maximum absolute atomic E-state index is 5.78. The molecule has 0 bridgehead atoms. The summed E-state index contributed by atoms with van der Waals surface area (Å²) in [6.45, 7) is 6.13. The van der Waals surface area contributed by atoms with Crippen molar-refractivity contribution in [2.75, 3.05) is 6.54 Å². The number of nitrogens with zero attached hydrogens (tertiary/aromatic N) is 3. The SMILES string of the molecule is Cc1nc(C)n(C(CN)c2ccc(C)o2)n1. The zero-order chi connectivity index (χ0) is 11.7. The predicted molar refractivity (Wildman–Crippen MR) is 60.1 cm³/mol. The molecule has 2 N–H and O–H groups in total. The molecule has 0 aliphatic carbocycles. The molecule has 5 heteroatoms. The van der Waals surface area contributed by atoms with Crippen LogP contribution in [0.4, 0.5) is 0 Å². The summed E-state index contributed by atoms with van der Waals surface area (Å²) in [7, 11) is 0. The van der Waals surface area contributed by atoms with Crippen molar-refractivity contribution in [3.63, 3.8) is 0 Å². The van der Waals surface area contributed by atoms with Gasteiger partial charge in [0.15, 0.2) is 0 Å². The number of aryl methyl sites for hydroxylation is 3. The predicted octanol–water partition coefficient (Wildman–Crippen LogP) is 1.34. The van der Waals surface area contributed by atoms with Gasteiger partial charge in [0, 0.05) is 6.54 Å². The molecule has 86 valence electrons. The van der Waals surface area contributed by atoms with E-state index in [0.717, 1.165) is 23.2 Å². The zero-order valence-electron chi connectivity index (χ0n) is 9.77. The van der Waals surface area contributed by atoms with Gasteiger partial charge in [-0.15, -0.1) is 0 Å². The number of hydrogen-bond acceptors (Lipinski definition) is 4. The molecule has 2 rings (SSSR count). The second-order valence-corrected chi connectivity index (χ2v) is 3.85. The monoisotopic (exact) mass is 220 g/mol. The largest absolute Gasteiger partial charge is 0.464 e. The molecule has 0 saturated heterocycles. The van der Waals surface area contributed by atoms with E-state index in [1.54, 1.807) is 0 Å². The minimum Gasteiger partial charge on any atom is -0.464 e. The van der Waals surface area contributed by atoms with Gasteiger partial charge in [0.2, 0.25) is 0 Å². The van der Waals surface area contributed by atoms with Crippen LogP contribution in [0.25, 0.3) is 0 Å². The summed E-state index contributed by atoms with van der Waals surface area (Å²) in [5.41, 5.74) is 5.78. The van der Waals surface area contributed by atoms with Crippen LogP contribution >= 0.6 is 0 Å². The smallest absolute Gasteiger partial charge is 0.147 e. The molecule has 16 heavy (non-hydrogen) atoms. The minimum absolute atomic E-state index is 0.0742. The van der Waals surface area contributed by atoms with Gasteiger partial charge in [0.25, 0.3) is 0 Å². The highest BCUT2D eigenvalue weighted by atomic mass is 16.3. The third kappa shape index (κ3) is 1.86. The average molecular weight is 220 g/mol. The summed E-state index contributed by atoms with van der Waals surface area (Å²) in [6, 6.07) is 3.79. The van der Waals surface area contributed by atoms with E-state index in [9.17, 15) is 0 Å². The normalized spacial score (nSPS) is 13.0. The van der Waals surface area contributed by atoms with Crippen molar-refractivity contribution < 1.29 is 4.42 Å². The van der Waals surface area contributed by atoms with Crippen molar-refractivity contribution >= 4 is 0 Å². The van der Waals surface area contributed by atoms with E-state index in [1.165, 1.54) is 0 Å². The summed E-state index contributed by atoms with van der Waals surface area (Å²) < 4.78 is 7.40. The Kier molecular flexibility index (Phi) is 2.78. The third-order valence-corrected chi connectivity index (χ3v) is 2.52. The molecule has 0 aromatic carbocycles. The molecule has 1 atom stereocenters. The van der Waals surface area contributed by atoms with Gasteiger partial charge < -0.3 is 10.2 Å². The molecule has 2 heterocycles. The molecule has 0 radical (unpaired) electrons. The quantitative estimate of drug-likeness (QED) is 0.847. The number of hydrogen-bond donors (Lipinski definition) is 1. The Balaban J connectivity index is 2.40. The van der Waals surface area contributed by atoms with Crippen molar-refractivity contribution in [2.24, 2.45) is 5.73 Å². The lowest BCUT2D eigenvalue weighted by molar-refractivity contribution is 0.392. The molecule has 1 unspecified atom stereocenters. The van der Waals surface area contributed by atoms with Crippen LogP contribution in [0.2, 0.25) is 0 Å². The van der Waals surface area contributed by atoms with Crippen LogP contribution in [0.3, 0.4) is 0 Å². The van der Waals surface area contributed by atoms with Crippen molar-refractivity contribution in [3.8, 4) is 0 Å². The molecule has 2 aromatic rings. The first-order valence-electron chi connectivity index (χ1n) is 5.28. The number of rotatable bonds is 3. The van der Waals surface area contributed by atoms with Crippen LogP contribution in [0.5, 0.6) is 0 Å². The van der Waals surface area contributed by atoms with Crippen molar-refractivity contribution in [1.82, 2.24) is 14.8 Å². The lowest BCUT2D eigenvalue weighted by Crippen LogP contribution is -2.22. The van der Waals surface area contributed by atoms with Crippen molar-refractivity contribution in [3.05, 3.63) is 35.3 Å². The number of aromatic nitrogens is 3. The van der Waals surface area contributed by atoms with E-state index < -0.39 is 0 Å². The van der Waals surface area contributed by atoms with Crippen LogP contribution in [-0.4, -0.2) is 21.3 Å². The van der Waals surface area contributed by atoms with Crippen LogP contribution in [0.15, 0.2) is 16.5 Å². The Morgan fingerprint density at radius 1 is 1.38 bits per heavy atom. The van der Waals surface area contributed by atoms with E-state index in [-0.39, 0.29) is 6.04 Å². The lowest BCUT2D eigenvalue weighted by atomic mass is 10.2. The highest BCUT2D eigenvalue weighted by Gasteiger charge is 2.19. The summed E-state index contributed by atoms with van der Waals surface area (Å²) >= 11 is 0. The maximum atomic E-state index is 5.78. The zero-order valence-corrected chi connectivity index (χ0v) is 9.77. The standard InChI is InChI=1S/C11H16N4O/c1-7-4-5-11(16-7)10(6-12)15-9(3)13-8(2)14-15/h4-5,10H,6,12H2,1-3H3. The van der Waals surface area contributed by atoms with E-state index in [0.29, 0.717) is 6.54 Å². The fraction of sp³-hybridized carbons (Fsp3) is 0.455. The van der Waals surface area contributed by atoms with Gasteiger partial charge in [-0.25, -0.2) is 9.67 Å². The Bertz CT molecular complexity index is 486. The molecule has 5 nitrogen and oxygen atoms in total. The average Bonchev–Trinajstić information content (AvgIpc) is 2.76. The number of furan rings is 1. The molecule has 0 spiro atoms. The molecule has 0 fully saturated rings. The van der Waals surface area contributed by atoms with E-state index >= 15 is 0 Å². The van der Waals surface area contributed by atoms with Gasteiger partial charge >= 0.3 is 0 Å². The van der Waals surface area contributed by atoms with Gasteiger partial charge in [-0.1, -0.05) is 0 Å². The Hall–Kier alpha value is -1.62. The van der Waals surface area contributed by atoms with Gasteiger partial charge in [-0.2, -0.15) is 5.10 Å². The van der Waals surface area contributed by atoms with Crippen molar-refractivity contribution in [1.29, 1.82) is 0 Å². The summed E-state index contributed by atoms with van der Waals surface area (Å²) in [4.78, 5) is 4.27. The first kappa shape index (κ1) is 10.9. The molecular formula is C11H16N4O. The first-order chi connectivity index (χ1) is 7.61. The van der Waals surface area contributed by atoms with Crippen LogP contribution < -0.4 is 5.73 Å². The van der Waals surface area contributed by atoms with Gasteiger partial charge in [-0.05, 0) is 32.9 Å². The van der Waals surface area contributed by atoms with Crippen LogP contribution in [0.1, 0.15) is 29.2 Å². The summed E-state index contributed by atoms with van der Waals surface area (Å²) in [5.74, 6) is 3.30. The number of nitrogens with two attached hydrogens (primary N) is 1. The molecule has 0 aliphatic heterocycles. The van der Waals surface area contributed by atoms with Gasteiger partial charge in [-0.3, -0.25) is 0 Å². The minimum atomic E-state index is -0.0742. The highest BCUT2D eigenvalue weighted by molar-refractivity contribution is 5.12. The van der Waals surface area contributed by atoms with Crippen LogP contribution in [-0.2, 0) is 0 Å². The second kappa shape index (κ2) is 4.09. The summed E-state index contributed by atoms with van der Waals surface area (Å²) in [6.07, 6.45) is 0. The van der Waals surface area contributed by atoms with E-state index in [1.807, 2.05) is 37.6 Å². The second-order valence-electron chi connectivity index (χ2n) is 3.85. The fourth-order valence-corrected chi connectivity index (χ4v) is 1.80. The molecule has 0 amide bonds. The van der Waals surface area contributed by atoms with E-state index in [2.05, 4.69) is 10.1 Å². The highest BCUT2D eigenvalue weighted by Crippen LogP contribution is 2.20. The molecule has 2 aromatic heterocycles. The molecular weight excluding hydrogens is 204 g/mol. The van der Waals surface area contributed by atoms with Gasteiger partial charge in [0.05, 0.1) is 0 Å². The first-order valence-corrected chi connectivity index (χ1v) is 5.28. The molecule has 0 aliphatic rings. The van der Waals surface area contributed by atoms with E-state index in [4.69, 9.17) is 10.2 Å². The molecule has 0 saturated carbocycles. The Labute approximate surface area is 94.3 Å². The van der Waals surface area contributed by atoms with Crippen molar-refractivity contribution in [2.45, 2.75) is 26.8 Å². The van der Waals surface area contributed by atoms with Gasteiger partial charge in [0.1, 0.15) is 29.2 Å².